The van der Waals surface area contributed by atoms with E-state index < -0.39 is 5.91 Å². The second-order valence-electron chi connectivity index (χ2n) is 7.75. The molecular weight excluding hydrogens is 502 g/mol. The molecule has 1 N–H and O–H groups in total. The SMILES string of the molecule is CCC1SC(=O)N(Cc2ccccc2NC(=O)c2ccc(Cl)nn2)N=C1c1ccc(OC)c(OC)c1. The van der Waals surface area contributed by atoms with E-state index in [4.69, 9.17) is 26.2 Å². The molecule has 0 fully saturated rings. The van der Waals surface area contributed by atoms with Crippen molar-refractivity contribution in [3.8, 4) is 11.5 Å². The van der Waals surface area contributed by atoms with Gasteiger partial charge in [-0.2, -0.15) is 5.10 Å². The lowest BCUT2D eigenvalue weighted by molar-refractivity contribution is 0.102. The topological polar surface area (TPSA) is 106 Å². The number of carbonyl (C=O) groups is 2. The fraction of sp³-hybridized carbons (Fsp3) is 0.240. The van der Waals surface area contributed by atoms with Crippen LogP contribution in [0.15, 0.2) is 59.7 Å². The minimum Gasteiger partial charge on any atom is -0.493 e. The van der Waals surface area contributed by atoms with Gasteiger partial charge in [-0.3, -0.25) is 9.59 Å². The molecule has 0 saturated heterocycles. The van der Waals surface area contributed by atoms with Crippen molar-refractivity contribution in [2.45, 2.75) is 25.1 Å². The molecule has 0 spiro atoms. The summed E-state index contributed by atoms with van der Waals surface area (Å²) < 4.78 is 10.8. The molecule has 0 aliphatic carbocycles. The van der Waals surface area contributed by atoms with Crippen molar-refractivity contribution in [2.75, 3.05) is 19.5 Å². The van der Waals surface area contributed by atoms with Gasteiger partial charge in [-0.1, -0.05) is 48.5 Å². The van der Waals surface area contributed by atoms with Gasteiger partial charge in [0, 0.05) is 11.3 Å². The number of hydrogen-bond donors (Lipinski definition) is 1. The van der Waals surface area contributed by atoms with Gasteiger partial charge >= 0.3 is 5.24 Å². The number of methoxy groups -OCH3 is 2. The number of hydrogen-bond acceptors (Lipinski definition) is 8. The summed E-state index contributed by atoms with van der Waals surface area (Å²) in [6.07, 6.45) is 0.728. The predicted octanol–water partition coefficient (Wildman–Crippen LogP) is 5.25. The Labute approximate surface area is 217 Å². The third-order valence-corrected chi connectivity index (χ3v) is 6.94. The number of rotatable bonds is 8. The lowest BCUT2D eigenvalue weighted by Crippen LogP contribution is -2.35. The van der Waals surface area contributed by atoms with Crippen molar-refractivity contribution in [2.24, 2.45) is 5.10 Å². The Hall–Kier alpha value is -3.63. The van der Waals surface area contributed by atoms with Gasteiger partial charge in [-0.05, 0) is 48.4 Å². The minimum atomic E-state index is -0.438. The largest absolute Gasteiger partial charge is 0.493 e. The van der Waals surface area contributed by atoms with Gasteiger partial charge in [-0.25, -0.2) is 5.01 Å². The maximum Gasteiger partial charge on any atom is 0.302 e. The number of para-hydroxylation sites is 1. The Balaban J connectivity index is 1.62. The average molecular weight is 526 g/mol. The zero-order valence-electron chi connectivity index (χ0n) is 19.9. The molecule has 11 heteroatoms. The second-order valence-corrected chi connectivity index (χ2v) is 9.29. The maximum atomic E-state index is 13.0. The van der Waals surface area contributed by atoms with Crippen molar-refractivity contribution >= 4 is 45.9 Å². The van der Waals surface area contributed by atoms with Crippen LogP contribution in [0.2, 0.25) is 5.15 Å². The molecule has 1 aliphatic rings. The highest BCUT2D eigenvalue weighted by molar-refractivity contribution is 8.14. The van der Waals surface area contributed by atoms with Crippen molar-refractivity contribution in [1.82, 2.24) is 15.2 Å². The van der Waals surface area contributed by atoms with Gasteiger partial charge in [0.1, 0.15) is 0 Å². The first kappa shape index (κ1) is 25.5. The van der Waals surface area contributed by atoms with E-state index >= 15 is 0 Å². The highest BCUT2D eigenvalue weighted by Gasteiger charge is 2.31. The number of ether oxygens (including phenoxy) is 2. The fourth-order valence-corrected chi connectivity index (χ4v) is 4.69. The average Bonchev–Trinajstić information content (AvgIpc) is 2.90. The summed E-state index contributed by atoms with van der Waals surface area (Å²) in [7, 11) is 3.16. The van der Waals surface area contributed by atoms with Gasteiger partial charge in [-0.15, -0.1) is 10.2 Å². The number of aromatic nitrogens is 2. The molecule has 0 saturated carbocycles. The minimum absolute atomic E-state index is 0.106. The first-order chi connectivity index (χ1) is 17.4. The molecule has 36 heavy (non-hydrogen) atoms. The molecule has 1 atom stereocenters. The van der Waals surface area contributed by atoms with Crippen LogP contribution in [0.25, 0.3) is 0 Å². The zero-order valence-corrected chi connectivity index (χ0v) is 21.5. The zero-order chi connectivity index (χ0) is 25.7. The number of amides is 2. The van der Waals surface area contributed by atoms with E-state index in [-0.39, 0.29) is 27.9 Å². The molecule has 4 rings (SSSR count). The van der Waals surface area contributed by atoms with Crippen LogP contribution in [0.5, 0.6) is 11.5 Å². The summed E-state index contributed by atoms with van der Waals surface area (Å²) in [6.45, 7) is 2.18. The van der Waals surface area contributed by atoms with Crippen LogP contribution in [-0.2, 0) is 6.54 Å². The summed E-state index contributed by atoms with van der Waals surface area (Å²) in [5, 5.41) is 16.4. The number of nitrogens with one attached hydrogen (secondary N) is 1. The first-order valence-corrected chi connectivity index (χ1v) is 12.4. The van der Waals surface area contributed by atoms with Gasteiger partial charge in [0.15, 0.2) is 22.3 Å². The van der Waals surface area contributed by atoms with E-state index in [1.54, 1.807) is 26.4 Å². The summed E-state index contributed by atoms with van der Waals surface area (Å²) in [6, 6.07) is 15.8. The molecule has 186 valence electrons. The van der Waals surface area contributed by atoms with E-state index in [1.807, 2.05) is 37.3 Å². The summed E-state index contributed by atoms with van der Waals surface area (Å²) in [5.74, 6) is 0.757. The highest BCUT2D eigenvalue weighted by Crippen LogP contribution is 2.34. The van der Waals surface area contributed by atoms with Crippen LogP contribution < -0.4 is 14.8 Å². The third kappa shape index (κ3) is 5.60. The lowest BCUT2D eigenvalue weighted by atomic mass is 10.0. The first-order valence-electron chi connectivity index (χ1n) is 11.1. The summed E-state index contributed by atoms with van der Waals surface area (Å²) in [5.41, 5.74) is 2.98. The Kier molecular flexibility index (Phi) is 8.07. The quantitative estimate of drug-likeness (QED) is 0.428. The molecule has 2 heterocycles. The van der Waals surface area contributed by atoms with E-state index in [1.165, 1.54) is 28.9 Å². The number of nitrogens with zero attached hydrogens (tertiary/aromatic N) is 4. The van der Waals surface area contributed by atoms with Crippen LogP contribution >= 0.6 is 23.4 Å². The number of benzene rings is 2. The molecule has 1 unspecified atom stereocenters. The number of thioether (sulfide) groups is 1. The molecule has 2 amide bonds. The Morgan fingerprint density at radius 3 is 2.56 bits per heavy atom. The van der Waals surface area contributed by atoms with Crippen LogP contribution in [0.3, 0.4) is 0 Å². The lowest BCUT2D eigenvalue weighted by Gasteiger charge is -2.29. The molecule has 1 aromatic heterocycles. The fourth-order valence-electron chi connectivity index (χ4n) is 3.65. The molecule has 9 nitrogen and oxygen atoms in total. The molecule has 1 aliphatic heterocycles. The van der Waals surface area contributed by atoms with Crippen LogP contribution in [0.1, 0.15) is 35.0 Å². The smallest absolute Gasteiger partial charge is 0.302 e. The van der Waals surface area contributed by atoms with Crippen LogP contribution in [0.4, 0.5) is 10.5 Å². The highest BCUT2D eigenvalue weighted by atomic mass is 35.5. The number of anilines is 1. The van der Waals surface area contributed by atoms with Gasteiger partial charge in [0.2, 0.25) is 0 Å². The van der Waals surface area contributed by atoms with Crippen molar-refractivity contribution in [3.05, 3.63) is 76.6 Å². The van der Waals surface area contributed by atoms with E-state index in [0.29, 0.717) is 22.7 Å². The van der Waals surface area contributed by atoms with Crippen molar-refractivity contribution in [1.29, 1.82) is 0 Å². The van der Waals surface area contributed by atoms with Crippen LogP contribution in [-0.4, -0.2) is 51.5 Å². The standard InChI is InChI=1S/C25H24ClN5O4S/c1-4-21-23(15-9-11-19(34-2)20(13-15)35-3)30-31(25(33)36-21)14-16-7-5-6-8-17(16)27-24(32)18-10-12-22(26)29-28-18/h5-13,21H,4,14H2,1-3H3,(H,27,32). The van der Waals surface area contributed by atoms with Crippen LogP contribution in [0, 0.1) is 0 Å². The third-order valence-electron chi connectivity index (χ3n) is 5.49. The number of hydrazone groups is 1. The monoisotopic (exact) mass is 525 g/mol. The van der Waals surface area contributed by atoms with E-state index in [0.717, 1.165) is 17.7 Å². The van der Waals surface area contributed by atoms with Gasteiger partial charge < -0.3 is 14.8 Å². The summed E-state index contributed by atoms with van der Waals surface area (Å²) in [4.78, 5) is 25.6. The van der Waals surface area contributed by atoms with Gasteiger partial charge in [0.05, 0.1) is 31.7 Å². The normalized spacial score (nSPS) is 15.3. The number of halogens is 1. The van der Waals surface area contributed by atoms with Crippen molar-refractivity contribution < 1.29 is 19.1 Å². The Morgan fingerprint density at radius 1 is 1.08 bits per heavy atom. The van der Waals surface area contributed by atoms with Crippen molar-refractivity contribution in [3.63, 3.8) is 0 Å². The molecular formula is C25H24ClN5O4S. The second kappa shape index (κ2) is 11.4. The Morgan fingerprint density at radius 2 is 1.86 bits per heavy atom. The molecule has 0 radical (unpaired) electrons. The van der Waals surface area contributed by atoms with E-state index in [2.05, 4.69) is 15.5 Å². The molecule has 0 bridgehead atoms. The molecule has 2 aromatic carbocycles. The van der Waals surface area contributed by atoms with Gasteiger partial charge in [0.25, 0.3) is 5.91 Å². The van der Waals surface area contributed by atoms with E-state index in [9.17, 15) is 9.59 Å². The summed E-state index contributed by atoms with van der Waals surface area (Å²) >= 11 is 6.99. The predicted molar refractivity (Wildman–Crippen MR) is 140 cm³/mol. The molecule has 3 aromatic rings. The maximum absolute atomic E-state index is 13.0. The number of carbonyl (C=O) groups excluding carboxylic acids is 2. The Bertz CT molecular complexity index is 1300.